The topological polar surface area (TPSA) is 116 Å². The van der Waals surface area contributed by atoms with E-state index in [0.717, 1.165) is 76.2 Å². The minimum absolute atomic E-state index is 0.147. The molecule has 0 spiro atoms. The van der Waals surface area contributed by atoms with Gasteiger partial charge >= 0.3 is 5.97 Å². The second kappa shape index (κ2) is 22.5. The van der Waals surface area contributed by atoms with Gasteiger partial charge in [0.05, 0.1) is 36.6 Å². The fourth-order valence-corrected chi connectivity index (χ4v) is 6.40. The molecule has 42 heavy (non-hydrogen) atoms. The summed E-state index contributed by atoms with van der Waals surface area (Å²) < 4.78 is 11.0. The molecular formula is C35H64O7. The lowest BCUT2D eigenvalue weighted by Crippen LogP contribution is -2.31. The summed E-state index contributed by atoms with van der Waals surface area (Å²) in [5.74, 6) is -0.296. The van der Waals surface area contributed by atoms with Crippen LogP contribution in [0.3, 0.4) is 0 Å². The summed E-state index contributed by atoms with van der Waals surface area (Å²) >= 11 is 0. The van der Waals surface area contributed by atoms with Gasteiger partial charge in [-0.25, -0.2) is 4.79 Å². The van der Waals surface area contributed by atoms with Gasteiger partial charge in [-0.2, -0.15) is 0 Å². The highest BCUT2D eigenvalue weighted by molar-refractivity contribution is 5.91. The number of aliphatic hydroxyl groups is 4. The molecule has 1 saturated heterocycles. The van der Waals surface area contributed by atoms with E-state index in [9.17, 15) is 25.2 Å². The molecule has 0 saturated carbocycles. The van der Waals surface area contributed by atoms with Gasteiger partial charge in [0.25, 0.3) is 0 Å². The Morgan fingerprint density at radius 1 is 0.643 bits per heavy atom. The molecule has 0 radical (unpaired) electrons. The van der Waals surface area contributed by atoms with Gasteiger partial charge in [-0.3, -0.25) is 0 Å². The highest BCUT2D eigenvalue weighted by atomic mass is 16.5. The molecule has 6 atom stereocenters. The molecule has 0 aromatic rings. The monoisotopic (exact) mass is 596 g/mol. The van der Waals surface area contributed by atoms with Crippen molar-refractivity contribution in [1.29, 1.82) is 0 Å². The van der Waals surface area contributed by atoms with Crippen molar-refractivity contribution in [3.8, 4) is 0 Å². The Balaban J connectivity index is 1.42. The Hall–Kier alpha value is -0.990. The molecule has 2 rings (SSSR count). The zero-order valence-corrected chi connectivity index (χ0v) is 26.9. The first-order valence-electron chi connectivity index (χ1n) is 17.5. The fraction of sp³-hybridized carbons (Fsp3) is 0.914. The molecule has 4 N–H and O–H groups in total. The van der Waals surface area contributed by atoms with Crippen LogP contribution in [0, 0.1) is 0 Å². The van der Waals surface area contributed by atoms with Crippen molar-refractivity contribution in [3.63, 3.8) is 0 Å². The van der Waals surface area contributed by atoms with Crippen LogP contribution < -0.4 is 0 Å². The molecule has 0 aromatic heterocycles. The smallest absolute Gasteiger partial charge is 0.334 e. The Labute approximate surface area is 256 Å². The van der Waals surface area contributed by atoms with Gasteiger partial charge in [-0.1, -0.05) is 103 Å². The van der Waals surface area contributed by atoms with Crippen molar-refractivity contribution in [2.45, 2.75) is 198 Å². The molecule has 0 aliphatic carbocycles. The lowest BCUT2D eigenvalue weighted by atomic mass is 9.98. The number of aliphatic hydroxyl groups excluding tert-OH is 4. The van der Waals surface area contributed by atoms with E-state index >= 15 is 0 Å². The molecule has 0 aromatic carbocycles. The van der Waals surface area contributed by atoms with Crippen molar-refractivity contribution in [2.24, 2.45) is 0 Å². The predicted molar refractivity (Wildman–Crippen MR) is 168 cm³/mol. The lowest BCUT2D eigenvalue weighted by molar-refractivity contribution is -0.136. The standard InChI is InChI=1S/C35H64O7/c1-3-4-5-6-7-8-9-10-11-15-21-31(38)33-23-24-34(42-33)32(39)22-17-16-19-28(36)18-13-12-14-20-29(37)25-30-27(2)26-41-35(30)40/h28-29,31-34,36-39H,3-26H2,1-2H3. The van der Waals surface area contributed by atoms with Crippen LogP contribution in [0.15, 0.2) is 11.1 Å². The summed E-state index contributed by atoms with van der Waals surface area (Å²) in [7, 11) is 0. The molecule has 2 aliphatic heterocycles. The summed E-state index contributed by atoms with van der Waals surface area (Å²) in [6.45, 7) is 4.47. The van der Waals surface area contributed by atoms with E-state index in [0.29, 0.717) is 31.4 Å². The van der Waals surface area contributed by atoms with Crippen molar-refractivity contribution < 1.29 is 34.7 Å². The Bertz CT molecular complexity index is 739. The molecule has 7 heteroatoms. The number of carbonyl (C=O) groups excluding carboxylic acids is 1. The summed E-state index contributed by atoms with van der Waals surface area (Å²) in [4.78, 5) is 11.7. The van der Waals surface area contributed by atoms with Crippen molar-refractivity contribution in [3.05, 3.63) is 11.1 Å². The highest BCUT2D eigenvalue weighted by Crippen LogP contribution is 2.28. The second-order valence-corrected chi connectivity index (χ2v) is 13.2. The normalized spacial score (nSPS) is 22.0. The van der Waals surface area contributed by atoms with Crippen LogP contribution >= 0.6 is 0 Å². The summed E-state index contributed by atoms with van der Waals surface area (Å²) in [6, 6.07) is 0. The van der Waals surface area contributed by atoms with Gasteiger partial charge in [0, 0.05) is 12.0 Å². The largest absolute Gasteiger partial charge is 0.458 e. The number of cyclic esters (lactones) is 1. The molecule has 7 nitrogen and oxygen atoms in total. The van der Waals surface area contributed by atoms with Gasteiger partial charge in [-0.05, 0) is 57.4 Å². The van der Waals surface area contributed by atoms with Crippen LogP contribution in [-0.2, 0) is 14.3 Å². The first-order chi connectivity index (χ1) is 20.3. The van der Waals surface area contributed by atoms with Crippen LogP contribution in [0.1, 0.15) is 162 Å². The van der Waals surface area contributed by atoms with Gasteiger partial charge in [-0.15, -0.1) is 0 Å². The van der Waals surface area contributed by atoms with Gasteiger partial charge in [0.2, 0.25) is 0 Å². The number of unbranched alkanes of at least 4 members (excludes halogenated alkanes) is 12. The molecule has 246 valence electrons. The number of rotatable bonds is 26. The van der Waals surface area contributed by atoms with E-state index in [1.54, 1.807) is 0 Å². The van der Waals surface area contributed by atoms with Gasteiger partial charge < -0.3 is 29.9 Å². The molecular weight excluding hydrogens is 532 g/mol. The minimum atomic E-state index is -0.524. The van der Waals surface area contributed by atoms with Crippen LogP contribution in [0.2, 0.25) is 0 Å². The van der Waals surface area contributed by atoms with Crippen molar-refractivity contribution in [2.75, 3.05) is 6.61 Å². The summed E-state index contributed by atoms with van der Waals surface area (Å²) in [5.41, 5.74) is 1.54. The van der Waals surface area contributed by atoms with Crippen molar-refractivity contribution >= 4 is 5.97 Å². The minimum Gasteiger partial charge on any atom is -0.458 e. The number of hydrogen-bond donors (Lipinski definition) is 4. The summed E-state index contributed by atoms with van der Waals surface area (Å²) in [6.07, 6.45) is 20.8. The average Bonchev–Trinajstić information content (AvgIpc) is 3.59. The number of hydrogen-bond acceptors (Lipinski definition) is 7. The molecule has 2 aliphatic rings. The van der Waals surface area contributed by atoms with E-state index < -0.39 is 18.3 Å². The van der Waals surface area contributed by atoms with E-state index in [4.69, 9.17) is 9.47 Å². The van der Waals surface area contributed by atoms with E-state index in [-0.39, 0.29) is 24.3 Å². The van der Waals surface area contributed by atoms with E-state index in [2.05, 4.69) is 6.92 Å². The maximum absolute atomic E-state index is 11.7. The molecule has 1 fully saturated rings. The maximum Gasteiger partial charge on any atom is 0.334 e. The lowest BCUT2D eigenvalue weighted by Gasteiger charge is -2.22. The van der Waals surface area contributed by atoms with E-state index in [1.165, 1.54) is 57.8 Å². The number of ether oxygens (including phenoxy) is 2. The zero-order chi connectivity index (χ0) is 30.6. The Morgan fingerprint density at radius 2 is 1.07 bits per heavy atom. The third-order valence-corrected chi connectivity index (χ3v) is 9.28. The average molecular weight is 597 g/mol. The molecule has 0 bridgehead atoms. The van der Waals surface area contributed by atoms with Gasteiger partial charge in [0.1, 0.15) is 6.61 Å². The van der Waals surface area contributed by atoms with Crippen LogP contribution in [0.4, 0.5) is 0 Å². The number of esters is 1. The first kappa shape index (κ1) is 37.2. The van der Waals surface area contributed by atoms with Crippen LogP contribution in [0.25, 0.3) is 0 Å². The highest BCUT2D eigenvalue weighted by Gasteiger charge is 2.34. The van der Waals surface area contributed by atoms with Crippen LogP contribution in [0.5, 0.6) is 0 Å². The predicted octanol–water partition coefficient (Wildman–Crippen LogP) is 7.06. The van der Waals surface area contributed by atoms with Crippen LogP contribution in [-0.4, -0.2) is 69.6 Å². The third kappa shape index (κ3) is 15.7. The van der Waals surface area contributed by atoms with Crippen molar-refractivity contribution in [1.82, 2.24) is 0 Å². The van der Waals surface area contributed by atoms with E-state index in [1.807, 2.05) is 6.92 Å². The Kier molecular flexibility index (Phi) is 19.9. The van der Waals surface area contributed by atoms with Gasteiger partial charge in [0.15, 0.2) is 0 Å². The first-order valence-corrected chi connectivity index (χ1v) is 17.5. The maximum atomic E-state index is 11.7. The molecule has 0 amide bonds. The second-order valence-electron chi connectivity index (χ2n) is 13.2. The SMILES string of the molecule is CCCCCCCCCCCCC(O)C1CCC(C(O)CCCCC(O)CCCCCC(O)CC2=C(C)COC2=O)O1. The fourth-order valence-electron chi connectivity index (χ4n) is 6.40. The quantitative estimate of drug-likeness (QED) is 0.0624. The molecule has 6 unspecified atom stereocenters. The number of carbonyl (C=O) groups is 1. The summed E-state index contributed by atoms with van der Waals surface area (Å²) in [5, 5.41) is 41.8. The third-order valence-electron chi connectivity index (χ3n) is 9.28. The molecule has 2 heterocycles. The Morgan fingerprint density at radius 3 is 1.60 bits per heavy atom. The zero-order valence-electron chi connectivity index (χ0n) is 26.9.